The van der Waals surface area contributed by atoms with E-state index >= 15 is 0 Å². The first-order chi connectivity index (χ1) is 15.2. The van der Waals surface area contributed by atoms with Gasteiger partial charge in [0.1, 0.15) is 11.3 Å². The van der Waals surface area contributed by atoms with Gasteiger partial charge in [0, 0.05) is 23.5 Å². The van der Waals surface area contributed by atoms with Gasteiger partial charge < -0.3 is 14.0 Å². The van der Waals surface area contributed by atoms with Gasteiger partial charge in [0.25, 0.3) is 0 Å². The Bertz CT molecular complexity index is 1280. The molecule has 0 N–H and O–H groups in total. The zero-order valence-corrected chi connectivity index (χ0v) is 17.9. The number of hydrogen-bond donors (Lipinski definition) is 0. The molecule has 0 aliphatic carbocycles. The number of rotatable bonds is 5. The number of imidazole rings is 1. The van der Waals surface area contributed by atoms with Gasteiger partial charge in [-0.3, -0.25) is 0 Å². The first-order valence-electron chi connectivity index (χ1n) is 10.5. The topological polar surface area (TPSA) is 47.1 Å². The molecule has 0 aliphatic rings. The highest BCUT2D eigenvalue weighted by atomic mass is 16.5. The van der Waals surface area contributed by atoms with Crippen LogP contribution in [0.5, 0.6) is 0 Å². The maximum Gasteiger partial charge on any atom is 0.141 e. The first-order valence-corrected chi connectivity index (χ1v) is 10.5. The number of aryl methyl sites for hydroxylation is 3. The predicted octanol–water partition coefficient (Wildman–Crippen LogP) is 6.80. The molecule has 0 aliphatic heterocycles. The third-order valence-corrected chi connectivity index (χ3v) is 5.64. The standard InChI is InChI=1S/C26H24N4O/c1-4-29-17-27-26-23(29)15-20(25-18(2)28-31-19(25)3)16-24(26)30(21-11-7-5-8-12-21)22-13-9-6-10-14-22/h5-17H,4H2,1-3H3. The smallest absolute Gasteiger partial charge is 0.141 e. The molecule has 3 aromatic carbocycles. The van der Waals surface area contributed by atoms with Crippen LogP contribution in [-0.2, 0) is 6.54 Å². The summed E-state index contributed by atoms with van der Waals surface area (Å²) in [6, 6.07) is 25.2. The van der Waals surface area contributed by atoms with E-state index in [4.69, 9.17) is 9.51 Å². The van der Waals surface area contributed by atoms with Crippen LogP contribution >= 0.6 is 0 Å². The fourth-order valence-corrected chi connectivity index (χ4v) is 4.19. The largest absolute Gasteiger partial charge is 0.361 e. The van der Waals surface area contributed by atoms with Gasteiger partial charge in [-0.1, -0.05) is 41.6 Å². The summed E-state index contributed by atoms with van der Waals surface area (Å²) in [6.07, 6.45) is 1.92. The second kappa shape index (κ2) is 7.76. The van der Waals surface area contributed by atoms with Gasteiger partial charge in [0.05, 0.1) is 23.2 Å². The lowest BCUT2D eigenvalue weighted by atomic mass is 10.0. The normalized spacial score (nSPS) is 11.2. The van der Waals surface area contributed by atoms with E-state index in [2.05, 4.69) is 82.2 Å². The SMILES string of the molecule is CCn1cnc2c(N(c3ccccc3)c3ccccc3)cc(-c3c(C)noc3C)cc21. The zero-order chi connectivity index (χ0) is 21.4. The number of para-hydroxylation sites is 2. The summed E-state index contributed by atoms with van der Waals surface area (Å²) in [6.45, 7) is 6.93. The Morgan fingerprint density at radius 3 is 2.10 bits per heavy atom. The van der Waals surface area contributed by atoms with Crippen molar-refractivity contribution in [1.29, 1.82) is 0 Å². The van der Waals surface area contributed by atoms with Crippen LogP contribution in [0.2, 0.25) is 0 Å². The van der Waals surface area contributed by atoms with Gasteiger partial charge >= 0.3 is 0 Å². The fourth-order valence-electron chi connectivity index (χ4n) is 4.19. The van der Waals surface area contributed by atoms with Crippen LogP contribution < -0.4 is 4.90 Å². The molecule has 5 nitrogen and oxygen atoms in total. The number of nitrogens with zero attached hydrogens (tertiary/aromatic N) is 4. The van der Waals surface area contributed by atoms with Crippen molar-refractivity contribution >= 4 is 28.1 Å². The molecule has 0 unspecified atom stereocenters. The van der Waals surface area contributed by atoms with Gasteiger partial charge in [-0.15, -0.1) is 0 Å². The van der Waals surface area contributed by atoms with Crippen LogP contribution in [0.1, 0.15) is 18.4 Å². The van der Waals surface area contributed by atoms with E-state index in [1.165, 1.54) is 0 Å². The van der Waals surface area contributed by atoms with Crippen molar-refractivity contribution in [3.05, 3.63) is 90.6 Å². The van der Waals surface area contributed by atoms with Crippen LogP contribution in [0.3, 0.4) is 0 Å². The highest BCUT2D eigenvalue weighted by Gasteiger charge is 2.21. The predicted molar refractivity (Wildman–Crippen MR) is 125 cm³/mol. The highest BCUT2D eigenvalue weighted by Crippen LogP contribution is 2.41. The van der Waals surface area contributed by atoms with Gasteiger partial charge in [0.15, 0.2) is 0 Å². The Balaban J connectivity index is 1.84. The maximum atomic E-state index is 5.48. The van der Waals surface area contributed by atoms with Crippen molar-refractivity contribution in [2.24, 2.45) is 0 Å². The second-order valence-electron chi connectivity index (χ2n) is 7.60. The van der Waals surface area contributed by atoms with Crippen LogP contribution in [0.25, 0.3) is 22.2 Å². The molecule has 0 radical (unpaired) electrons. The van der Waals surface area contributed by atoms with E-state index in [9.17, 15) is 0 Å². The van der Waals surface area contributed by atoms with Gasteiger partial charge in [-0.05, 0) is 62.7 Å². The van der Waals surface area contributed by atoms with E-state index < -0.39 is 0 Å². The zero-order valence-electron chi connectivity index (χ0n) is 17.9. The lowest BCUT2D eigenvalue weighted by Gasteiger charge is -2.26. The Hall–Kier alpha value is -3.86. The van der Waals surface area contributed by atoms with Crippen molar-refractivity contribution in [1.82, 2.24) is 14.7 Å². The number of hydrogen-bond acceptors (Lipinski definition) is 4. The number of benzene rings is 3. The molecule has 0 spiro atoms. The second-order valence-corrected chi connectivity index (χ2v) is 7.60. The molecule has 0 saturated carbocycles. The Morgan fingerprint density at radius 1 is 0.903 bits per heavy atom. The van der Waals surface area contributed by atoms with Crippen molar-refractivity contribution < 1.29 is 4.52 Å². The van der Waals surface area contributed by atoms with Crippen molar-refractivity contribution in [2.75, 3.05) is 4.90 Å². The number of fused-ring (bicyclic) bond motifs is 1. The molecular weight excluding hydrogens is 384 g/mol. The van der Waals surface area contributed by atoms with Crippen LogP contribution in [0.15, 0.2) is 83.6 Å². The van der Waals surface area contributed by atoms with Gasteiger partial charge in [-0.25, -0.2) is 4.98 Å². The maximum absolute atomic E-state index is 5.48. The van der Waals surface area contributed by atoms with Crippen LogP contribution in [0, 0.1) is 13.8 Å². The molecule has 154 valence electrons. The average Bonchev–Trinajstić information content (AvgIpc) is 3.37. The third-order valence-electron chi connectivity index (χ3n) is 5.64. The monoisotopic (exact) mass is 408 g/mol. The number of anilines is 3. The molecule has 0 fully saturated rings. The molecule has 5 heteroatoms. The minimum Gasteiger partial charge on any atom is -0.361 e. The average molecular weight is 409 g/mol. The molecule has 0 bridgehead atoms. The van der Waals surface area contributed by atoms with E-state index in [0.717, 1.165) is 57.2 Å². The number of aromatic nitrogens is 3. The lowest BCUT2D eigenvalue weighted by Crippen LogP contribution is -2.10. The minimum absolute atomic E-state index is 0.816. The molecule has 0 saturated heterocycles. The highest BCUT2D eigenvalue weighted by molar-refractivity contribution is 5.98. The first kappa shape index (κ1) is 19.1. The Morgan fingerprint density at radius 2 is 1.55 bits per heavy atom. The Kier molecular flexibility index (Phi) is 4.79. The van der Waals surface area contributed by atoms with E-state index in [0.29, 0.717) is 0 Å². The van der Waals surface area contributed by atoms with E-state index in [-0.39, 0.29) is 0 Å². The van der Waals surface area contributed by atoms with Crippen LogP contribution in [0.4, 0.5) is 17.1 Å². The lowest BCUT2D eigenvalue weighted by molar-refractivity contribution is 0.393. The van der Waals surface area contributed by atoms with Crippen molar-refractivity contribution in [2.45, 2.75) is 27.3 Å². The van der Waals surface area contributed by atoms with E-state index in [1.54, 1.807) is 0 Å². The van der Waals surface area contributed by atoms with Crippen molar-refractivity contribution in [3.8, 4) is 11.1 Å². The molecule has 5 rings (SSSR count). The summed E-state index contributed by atoms with van der Waals surface area (Å²) in [5.74, 6) is 0.816. The minimum atomic E-state index is 0.816. The summed E-state index contributed by atoms with van der Waals surface area (Å²) < 4.78 is 7.66. The quantitative estimate of drug-likeness (QED) is 0.321. The molecule has 0 atom stereocenters. The molecule has 2 aromatic heterocycles. The van der Waals surface area contributed by atoms with Crippen LogP contribution in [-0.4, -0.2) is 14.7 Å². The van der Waals surface area contributed by atoms with E-state index in [1.807, 2.05) is 32.3 Å². The third kappa shape index (κ3) is 3.28. The summed E-state index contributed by atoms with van der Waals surface area (Å²) in [7, 11) is 0. The molecule has 0 amide bonds. The van der Waals surface area contributed by atoms with Crippen molar-refractivity contribution in [3.63, 3.8) is 0 Å². The summed E-state index contributed by atoms with van der Waals surface area (Å²) >= 11 is 0. The Labute approximate surface area is 181 Å². The summed E-state index contributed by atoms with van der Waals surface area (Å²) in [5.41, 5.74) is 8.23. The molecule has 31 heavy (non-hydrogen) atoms. The molecular formula is C26H24N4O. The fraction of sp³-hybridized carbons (Fsp3) is 0.154. The molecule has 2 heterocycles. The van der Waals surface area contributed by atoms with Gasteiger partial charge in [-0.2, -0.15) is 0 Å². The molecule has 5 aromatic rings. The summed E-state index contributed by atoms with van der Waals surface area (Å²) in [4.78, 5) is 7.07. The van der Waals surface area contributed by atoms with Gasteiger partial charge in [0.2, 0.25) is 0 Å². The summed E-state index contributed by atoms with van der Waals surface area (Å²) in [5, 5.41) is 4.18.